The van der Waals surface area contributed by atoms with Crippen LogP contribution < -0.4 is 10.1 Å². The van der Waals surface area contributed by atoms with Crippen LogP contribution in [0.2, 0.25) is 0 Å². The van der Waals surface area contributed by atoms with Crippen molar-refractivity contribution in [1.82, 2.24) is 9.97 Å². The Hall–Kier alpha value is -1.92. The van der Waals surface area contributed by atoms with E-state index in [1.165, 1.54) is 0 Å². The summed E-state index contributed by atoms with van der Waals surface area (Å²) < 4.78 is 5.30. The minimum absolute atomic E-state index is 0.0372. The molecule has 0 aliphatic carbocycles. The average Bonchev–Trinajstić information content (AvgIpc) is 2.38. The van der Waals surface area contributed by atoms with Crippen LogP contribution in [0.15, 0.2) is 0 Å². The molecule has 0 saturated carbocycles. The fourth-order valence-corrected chi connectivity index (χ4v) is 1.62. The fraction of sp³-hybridized carbons (Fsp3) is 0.692. The van der Waals surface area contributed by atoms with Crippen LogP contribution >= 0.6 is 0 Å². The summed E-state index contributed by atoms with van der Waals surface area (Å²) in [5.74, 6) is 0.889. The van der Waals surface area contributed by atoms with Gasteiger partial charge in [-0.15, -0.1) is 0 Å². The molecule has 1 heterocycles. The van der Waals surface area contributed by atoms with E-state index in [1.54, 1.807) is 6.92 Å². The monoisotopic (exact) mass is 282 g/mol. The van der Waals surface area contributed by atoms with Crippen molar-refractivity contribution in [2.75, 3.05) is 18.5 Å². The normalized spacial score (nSPS) is 10.7. The fourth-order valence-electron chi connectivity index (χ4n) is 1.62. The van der Waals surface area contributed by atoms with Crippen LogP contribution in [-0.4, -0.2) is 28.0 Å². The highest BCUT2D eigenvalue weighted by Crippen LogP contribution is 2.33. The van der Waals surface area contributed by atoms with Crippen molar-refractivity contribution in [3.63, 3.8) is 0 Å². The highest BCUT2D eigenvalue weighted by atomic mass is 16.6. The lowest BCUT2D eigenvalue weighted by atomic mass is 10.2. The average molecular weight is 282 g/mol. The van der Waals surface area contributed by atoms with E-state index in [2.05, 4.69) is 22.2 Å². The Morgan fingerprint density at radius 1 is 1.35 bits per heavy atom. The van der Waals surface area contributed by atoms with Crippen molar-refractivity contribution in [2.45, 2.75) is 46.5 Å². The number of hydrogen-bond acceptors (Lipinski definition) is 6. The molecule has 20 heavy (non-hydrogen) atoms. The number of anilines is 1. The molecule has 112 valence electrons. The zero-order chi connectivity index (χ0) is 15.1. The largest absolute Gasteiger partial charge is 0.473 e. The number of rotatable bonds is 8. The van der Waals surface area contributed by atoms with Gasteiger partial charge in [0.1, 0.15) is 5.82 Å². The van der Waals surface area contributed by atoms with Gasteiger partial charge in [-0.2, -0.15) is 4.98 Å². The molecule has 1 rings (SSSR count). The first-order valence-corrected chi connectivity index (χ1v) is 6.94. The lowest BCUT2D eigenvalue weighted by Gasteiger charge is -2.12. The molecule has 0 aliphatic heterocycles. The van der Waals surface area contributed by atoms with Gasteiger partial charge in [-0.25, -0.2) is 4.98 Å². The third kappa shape index (κ3) is 4.04. The number of aromatic nitrogens is 2. The maximum absolute atomic E-state index is 11.2. The summed E-state index contributed by atoms with van der Waals surface area (Å²) in [6.07, 6.45) is 1.92. The first-order chi connectivity index (χ1) is 9.51. The zero-order valence-corrected chi connectivity index (χ0v) is 12.5. The lowest BCUT2D eigenvalue weighted by molar-refractivity contribution is -0.385. The van der Waals surface area contributed by atoms with Crippen LogP contribution in [0, 0.1) is 10.1 Å². The molecular weight excluding hydrogens is 260 g/mol. The Labute approximate surface area is 118 Å². The quantitative estimate of drug-likeness (QED) is 0.447. The molecule has 0 spiro atoms. The van der Waals surface area contributed by atoms with Gasteiger partial charge in [-0.3, -0.25) is 10.1 Å². The van der Waals surface area contributed by atoms with E-state index in [4.69, 9.17) is 4.74 Å². The van der Waals surface area contributed by atoms with Crippen LogP contribution in [0.25, 0.3) is 0 Å². The Morgan fingerprint density at radius 3 is 2.55 bits per heavy atom. The van der Waals surface area contributed by atoms with Gasteiger partial charge in [0.05, 0.1) is 11.5 Å². The summed E-state index contributed by atoms with van der Waals surface area (Å²) in [4.78, 5) is 19.2. The predicted octanol–water partition coefficient (Wildman–Crippen LogP) is 3.12. The maximum atomic E-state index is 11.2. The zero-order valence-electron chi connectivity index (χ0n) is 12.5. The van der Waals surface area contributed by atoms with Crippen LogP contribution in [0.5, 0.6) is 5.88 Å². The molecule has 0 fully saturated rings. The smallest absolute Gasteiger partial charge is 0.372 e. The topological polar surface area (TPSA) is 90.2 Å². The SMILES string of the molecule is CCCCNc1nc(C(C)C)nc(OCC)c1[N+](=O)[O-]. The number of nitro groups is 1. The Morgan fingerprint density at radius 2 is 2.05 bits per heavy atom. The van der Waals surface area contributed by atoms with E-state index < -0.39 is 4.92 Å². The second-order valence-corrected chi connectivity index (χ2v) is 4.71. The molecule has 0 saturated heterocycles. The summed E-state index contributed by atoms with van der Waals surface area (Å²) in [7, 11) is 0. The number of nitrogens with zero attached hydrogens (tertiary/aromatic N) is 3. The van der Waals surface area contributed by atoms with Crippen LogP contribution in [0.1, 0.15) is 52.3 Å². The third-order valence-corrected chi connectivity index (χ3v) is 2.67. The highest BCUT2D eigenvalue weighted by Gasteiger charge is 2.26. The minimum atomic E-state index is -0.497. The van der Waals surface area contributed by atoms with Crippen LogP contribution in [0.3, 0.4) is 0 Å². The molecule has 0 unspecified atom stereocenters. The Bertz CT molecular complexity index is 463. The molecule has 1 N–H and O–H groups in total. The summed E-state index contributed by atoms with van der Waals surface area (Å²) in [6, 6.07) is 0. The first kappa shape index (κ1) is 16.1. The van der Waals surface area contributed by atoms with Gasteiger partial charge in [-0.1, -0.05) is 27.2 Å². The van der Waals surface area contributed by atoms with Crippen molar-refractivity contribution in [1.29, 1.82) is 0 Å². The van der Waals surface area contributed by atoms with Gasteiger partial charge < -0.3 is 10.1 Å². The molecular formula is C13H22N4O3. The van der Waals surface area contributed by atoms with E-state index in [9.17, 15) is 10.1 Å². The maximum Gasteiger partial charge on any atom is 0.372 e. The van der Waals surface area contributed by atoms with E-state index in [-0.39, 0.29) is 23.3 Å². The summed E-state index contributed by atoms with van der Waals surface area (Å²) >= 11 is 0. The second-order valence-electron chi connectivity index (χ2n) is 4.71. The van der Waals surface area contributed by atoms with Crippen molar-refractivity contribution >= 4 is 11.5 Å². The number of ether oxygens (including phenoxy) is 1. The van der Waals surface area contributed by atoms with Gasteiger partial charge in [-0.05, 0) is 13.3 Å². The van der Waals surface area contributed by atoms with Crippen molar-refractivity contribution < 1.29 is 9.66 Å². The van der Waals surface area contributed by atoms with Crippen molar-refractivity contribution in [3.8, 4) is 5.88 Å². The van der Waals surface area contributed by atoms with E-state index in [1.807, 2.05) is 13.8 Å². The Balaban J connectivity index is 3.23. The lowest BCUT2D eigenvalue weighted by Crippen LogP contribution is -2.12. The number of unbranched alkanes of at least 4 members (excludes halogenated alkanes) is 1. The molecule has 1 aromatic heterocycles. The molecule has 0 atom stereocenters. The standard InChI is InChI=1S/C13H22N4O3/c1-5-7-8-14-12-10(17(18)19)13(20-6-2)16-11(15-12)9(3)4/h9H,5-8H2,1-4H3,(H,14,15,16). The first-order valence-electron chi connectivity index (χ1n) is 6.94. The molecule has 0 bridgehead atoms. The summed E-state index contributed by atoms with van der Waals surface area (Å²) in [5, 5.41) is 14.3. The van der Waals surface area contributed by atoms with Gasteiger partial charge in [0.25, 0.3) is 5.88 Å². The third-order valence-electron chi connectivity index (χ3n) is 2.67. The van der Waals surface area contributed by atoms with E-state index in [0.717, 1.165) is 12.8 Å². The molecule has 1 aromatic rings. The van der Waals surface area contributed by atoms with E-state index in [0.29, 0.717) is 19.0 Å². The number of nitrogens with one attached hydrogen (secondary N) is 1. The van der Waals surface area contributed by atoms with Crippen LogP contribution in [0.4, 0.5) is 11.5 Å². The molecule has 0 amide bonds. The van der Waals surface area contributed by atoms with Crippen molar-refractivity contribution in [3.05, 3.63) is 15.9 Å². The summed E-state index contributed by atoms with van der Waals surface area (Å²) in [6.45, 7) is 8.66. The van der Waals surface area contributed by atoms with Gasteiger partial charge in [0.15, 0.2) is 0 Å². The highest BCUT2D eigenvalue weighted by molar-refractivity contribution is 5.61. The minimum Gasteiger partial charge on any atom is -0.473 e. The van der Waals surface area contributed by atoms with E-state index >= 15 is 0 Å². The summed E-state index contributed by atoms with van der Waals surface area (Å²) in [5.41, 5.74) is -0.188. The van der Waals surface area contributed by atoms with Gasteiger partial charge >= 0.3 is 5.69 Å². The molecule has 7 nitrogen and oxygen atoms in total. The number of hydrogen-bond donors (Lipinski definition) is 1. The molecule has 0 aromatic carbocycles. The second kappa shape index (κ2) is 7.62. The van der Waals surface area contributed by atoms with Gasteiger partial charge in [0.2, 0.25) is 5.82 Å². The van der Waals surface area contributed by atoms with Gasteiger partial charge in [0, 0.05) is 12.5 Å². The molecule has 0 aliphatic rings. The molecule has 0 radical (unpaired) electrons. The van der Waals surface area contributed by atoms with Crippen molar-refractivity contribution in [2.24, 2.45) is 0 Å². The van der Waals surface area contributed by atoms with Crippen LogP contribution in [-0.2, 0) is 0 Å². The predicted molar refractivity (Wildman–Crippen MR) is 77.3 cm³/mol. The molecule has 7 heteroatoms. The Kier molecular flexibility index (Phi) is 6.14.